The van der Waals surface area contributed by atoms with Crippen molar-refractivity contribution in [1.82, 2.24) is 0 Å². The van der Waals surface area contributed by atoms with Crippen molar-refractivity contribution in [2.45, 2.75) is 336 Å². The summed E-state index contributed by atoms with van der Waals surface area (Å²) in [4.78, 5) is 72.1. The second kappa shape index (κ2) is 59.8. The maximum atomic E-state index is 13.0. The SMILES string of the molecule is CCCCCC/C=C\C=C/CCCCCCCC(=O)OC[C@H](COP(=O)(O)OC[C@@H](O)COP(=O)(O)OC[C@@H](COC(=O)CCCCCCC)OC(=O)CCCCCCCCCCC(C)C)OC(=O)CCCCCCCCCCCCCCCC(C)C. The Bertz CT molecular complexity index is 1790. The second-order valence-electron chi connectivity index (χ2n) is 24.8. The van der Waals surface area contributed by atoms with Crippen molar-refractivity contribution in [3.05, 3.63) is 24.3 Å². The van der Waals surface area contributed by atoms with Crippen LogP contribution in [0.4, 0.5) is 0 Å². The van der Waals surface area contributed by atoms with Gasteiger partial charge in [-0.15, -0.1) is 0 Å². The van der Waals surface area contributed by atoms with Gasteiger partial charge in [0, 0.05) is 25.7 Å². The molecule has 0 spiro atoms. The van der Waals surface area contributed by atoms with E-state index in [9.17, 15) is 43.2 Å². The first-order valence-corrected chi connectivity index (χ1v) is 37.8. The molecule has 512 valence electrons. The van der Waals surface area contributed by atoms with Crippen molar-refractivity contribution in [1.29, 1.82) is 0 Å². The maximum absolute atomic E-state index is 13.0. The van der Waals surface area contributed by atoms with Gasteiger partial charge in [0.05, 0.1) is 26.4 Å². The van der Waals surface area contributed by atoms with Gasteiger partial charge in [-0.3, -0.25) is 37.3 Å². The van der Waals surface area contributed by atoms with Crippen molar-refractivity contribution in [2.75, 3.05) is 39.6 Å². The molecule has 0 heterocycles. The van der Waals surface area contributed by atoms with E-state index >= 15 is 0 Å². The number of hydrogen-bond donors (Lipinski definition) is 3. The van der Waals surface area contributed by atoms with Crippen LogP contribution in [0.2, 0.25) is 0 Å². The molecule has 0 saturated heterocycles. The summed E-state index contributed by atoms with van der Waals surface area (Å²) >= 11 is 0. The van der Waals surface area contributed by atoms with Crippen LogP contribution in [0.5, 0.6) is 0 Å². The summed E-state index contributed by atoms with van der Waals surface area (Å²) in [6, 6.07) is 0. The third kappa shape index (κ3) is 62.1. The topological polar surface area (TPSA) is 237 Å². The van der Waals surface area contributed by atoms with Gasteiger partial charge in [0.15, 0.2) is 12.2 Å². The van der Waals surface area contributed by atoms with Crippen molar-refractivity contribution in [3.8, 4) is 0 Å². The number of ether oxygens (including phenoxy) is 4. The Morgan fingerprint density at radius 1 is 0.356 bits per heavy atom. The molecule has 17 nitrogen and oxygen atoms in total. The predicted octanol–water partition coefficient (Wildman–Crippen LogP) is 18.8. The molecule has 5 atom stereocenters. The zero-order chi connectivity index (χ0) is 64.3. The number of hydrogen-bond acceptors (Lipinski definition) is 15. The molecule has 87 heavy (non-hydrogen) atoms. The number of carbonyl (C=O) groups excluding carboxylic acids is 4. The van der Waals surface area contributed by atoms with Gasteiger partial charge >= 0.3 is 39.5 Å². The number of carbonyl (C=O) groups is 4. The highest BCUT2D eigenvalue weighted by Crippen LogP contribution is 2.45. The first-order valence-electron chi connectivity index (χ1n) is 34.8. The number of phosphoric ester groups is 2. The van der Waals surface area contributed by atoms with Crippen LogP contribution in [0.3, 0.4) is 0 Å². The van der Waals surface area contributed by atoms with Crippen LogP contribution in [-0.2, 0) is 65.4 Å². The monoisotopic (exact) mass is 1280 g/mol. The third-order valence-electron chi connectivity index (χ3n) is 15.1. The van der Waals surface area contributed by atoms with E-state index in [4.69, 9.17) is 37.0 Å². The maximum Gasteiger partial charge on any atom is 0.472 e. The van der Waals surface area contributed by atoms with Crippen LogP contribution in [0.15, 0.2) is 24.3 Å². The molecule has 0 saturated carbocycles. The minimum atomic E-state index is -4.96. The zero-order valence-corrected chi connectivity index (χ0v) is 57.6. The molecule has 0 aliphatic heterocycles. The van der Waals surface area contributed by atoms with E-state index in [0.29, 0.717) is 25.7 Å². The number of unbranched alkanes of at least 4 members (excludes halogenated alkanes) is 32. The Morgan fingerprint density at radius 2 is 0.621 bits per heavy atom. The molecule has 0 aromatic rings. The van der Waals surface area contributed by atoms with Gasteiger partial charge < -0.3 is 33.8 Å². The zero-order valence-electron chi connectivity index (χ0n) is 55.8. The Balaban J connectivity index is 5.21. The van der Waals surface area contributed by atoms with Crippen LogP contribution in [0.1, 0.15) is 318 Å². The highest BCUT2D eigenvalue weighted by atomic mass is 31.2. The summed E-state index contributed by atoms with van der Waals surface area (Å²) in [6.45, 7) is 9.34. The lowest BCUT2D eigenvalue weighted by Crippen LogP contribution is -2.30. The normalized spacial score (nSPS) is 14.4. The number of esters is 4. The second-order valence-corrected chi connectivity index (χ2v) is 27.7. The standard InChI is InChI=1S/C68H128O17P2/c1-7-9-11-13-14-15-16-17-18-21-24-27-33-39-45-51-66(71)79-57-64(85-67(72)52-46-40-34-28-25-22-19-20-23-26-31-37-42-48-60(3)4)59-83-87(76,77)81-55-62(69)54-80-86(74,75)82-58-63(56-78-65(70)50-44-36-12-10-8-2)84-68(73)53-47-41-35-30-29-32-38-43-49-61(5)6/h15-18,60-64,69H,7-14,19-59H2,1-6H3,(H,74,75)(H,76,77)/b16-15-,18-17-/t62-,63+,64+/m0/s1. The molecule has 0 radical (unpaired) electrons. The van der Waals surface area contributed by atoms with Gasteiger partial charge in [-0.1, -0.05) is 265 Å². The Labute approximate surface area is 529 Å². The lowest BCUT2D eigenvalue weighted by atomic mass is 10.0. The van der Waals surface area contributed by atoms with Crippen molar-refractivity contribution >= 4 is 39.5 Å². The van der Waals surface area contributed by atoms with Crippen LogP contribution >= 0.6 is 15.6 Å². The van der Waals surface area contributed by atoms with Gasteiger partial charge in [0.25, 0.3) is 0 Å². The molecule has 0 aliphatic rings. The van der Waals surface area contributed by atoms with E-state index < -0.39 is 97.5 Å². The number of phosphoric acid groups is 2. The first kappa shape index (κ1) is 84.5. The quantitative estimate of drug-likeness (QED) is 0.0169. The lowest BCUT2D eigenvalue weighted by molar-refractivity contribution is -0.161. The fraction of sp³-hybridized carbons (Fsp3) is 0.882. The molecule has 0 fully saturated rings. The van der Waals surface area contributed by atoms with E-state index in [2.05, 4.69) is 65.8 Å². The number of allylic oxidation sites excluding steroid dienone is 4. The van der Waals surface area contributed by atoms with Crippen LogP contribution in [0.25, 0.3) is 0 Å². The van der Waals surface area contributed by atoms with Gasteiger partial charge in [-0.05, 0) is 63.2 Å². The van der Waals surface area contributed by atoms with E-state index in [-0.39, 0.29) is 25.7 Å². The molecule has 0 aromatic heterocycles. The Hall–Kier alpha value is -2.46. The molecule has 19 heteroatoms. The molecule has 0 aliphatic carbocycles. The number of aliphatic hydroxyl groups excluding tert-OH is 1. The molecule has 3 N–H and O–H groups in total. The molecule has 0 rings (SSSR count). The minimum absolute atomic E-state index is 0.0999. The van der Waals surface area contributed by atoms with Crippen LogP contribution < -0.4 is 0 Å². The fourth-order valence-corrected chi connectivity index (χ4v) is 11.3. The Morgan fingerprint density at radius 3 is 0.943 bits per heavy atom. The van der Waals surface area contributed by atoms with Gasteiger partial charge in [-0.25, -0.2) is 9.13 Å². The number of aliphatic hydroxyl groups is 1. The van der Waals surface area contributed by atoms with Crippen LogP contribution in [-0.4, -0.2) is 96.7 Å². The summed E-state index contributed by atoms with van der Waals surface area (Å²) in [5, 5.41) is 10.5. The van der Waals surface area contributed by atoms with Gasteiger partial charge in [-0.2, -0.15) is 0 Å². The van der Waals surface area contributed by atoms with Crippen molar-refractivity contribution in [2.24, 2.45) is 11.8 Å². The average Bonchev–Trinajstić information content (AvgIpc) is 3.59. The highest BCUT2D eigenvalue weighted by Gasteiger charge is 2.30. The van der Waals surface area contributed by atoms with E-state index in [1.807, 2.05) is 0 Å². The minimum Gasteiger partial charge on any atom is -0.462 e. The summed E-state index contributed by atoms with van der Waals surface area (Å²) in [7, 11) is -9.90. The van der Waals surface area contributed by atoms with Crippen molar-refractivity contribution in [3.63, 3.8) is 0 Å². The van der Waals surface area contributed by atoms with Gasteiger partial charge in [0.2, 0.25) is 0 Å². The smallest absolute Gasteiger partial charge is 0.462 e. The molecule has 0 aromatic carbocycles. The summed E-state index contributed by atoms with van der Waals surface area (Å²) in [5.41, 5.74) is 0. The molecule has 0 bridgehead atoms. The van der Waals surface area contributed by atoms with E-state index in [1.165, 1.54) is 109 Å². The molecule has 0 amide bonds. The number of rotatable bonds is 65. The Kier molecular flexibility index (Phi) is 58.1. The van der Waals surface area contributed by atoms with E-state index in [0.717, 1.165) is 127 Å². The fourth-order valence-electron chi connectivity index (χ4n) is 9.70. The summed E-state index contributed by atoms with van der Waals surface area (Å²) in [5.74, 6) is -0.669. The average molecular weight is 1280 g/mol. The molecular weight excluding hydrogens is 1150 g/mol. The lowest BCUT2D eigenvalue weighted by Gasteiger charge is -2.21. The molecular formula is C68H128O17P2. The van der Waals surface area contributed by atoms with E-state index in [1.54, 1.807) is 0 Å². The third-order valence-corrected chi connectivity index (χ3v) is 17.0. The predicted molar refractivity (Wildman–Crippen MR) is 349 cm³/mol. The summed E-state index contributed by atoms with van der Waals surface area (Å²) in [6.07, 6.45) is 47.1. The first-order chi connectivity index (χ1) is 41.9. The van der Waals surface area contributed by atoms with Crippen LogP contribution in [0, 0.1) is 11.8 Å². The van der Waals surface area contributed by atoms with Gasteiger partial charge in [0.1, 0.15) is 19.3 Å². The largest absolute Gasteiger partial charge is 0.472 e. The highest BCUT2D eigenvalue weighted by molar-refractivity contribution is 7.47. The van der Waals surface area contributed by atoms with Crippen molar-refractivity contribution < 1.29 is 80.2 Å². The summed E-state index contributed by atoms with van der Waals surface area (Å²) < 4.78 is 67.9. The molecule has 2 unspecified atom stereocenters.